The van der Waals surface area contributed by atoms with Crippen LogP contribution in [0.5, 0.6) is 0 Å². The van der Waals surface area contributed by atoms with Crippen molar-refractivity contribution < 1.29 is 4.48 Å². The molecule has 1 aliphatic heterocycles. The third-order valence-corrected chi connectivity index (χ3v) is 3.70. The molecule has 1 nitrogen and oxygen atoms in total. The van der Waals surface area contributed by atoms with Gasteiger partial charge in [0, 0.05) is 5.57 Å². The predicted molar refractivity (Wildman–Crippen MR) is 75.0 cm³/mol. The maximum atomic E-state index is 6.10. The third-order valence-electron chi connectivity index (χ3n) is 3.05. The molecule has 1 aliphatic rings. The van der Waals surface area contributed by atoms with E-state index in [1.165, 1.54) is 11.1 Å². The van der Waals surface area contributed by atoms with Crippen LogP contribution in [-0.2, 0) is 0 Å². The molecule has 0 radical (unpaired) electrons. The highest BCUT2D eigenvalue weighted by atomic mass is 35.5. The van der Waals surface area contributed by atoms with Gasteiger partial charge in [-0.25, -0.2) is 0 Å². The SMILES string of the molecule is ClCC[N+]1(CCl)C=C(c2ccccc2)C=CC1. The Bertz CT molecular complexity index is 425. The van der Waals surface area contributed by atoms with E-state index in [0.717, 1.165) is 17.6 Å². The number of benzene rings is 1. The van der Waals surface area contributed by atoms with Crippen LogP contribution in [0.1, 0.15) is 5.56 Å². The van der Waals surface area contributed by atoms with Gasteiger partial charge in [-0.05, 0) is 17.7 Å². The lowest BCUT2D eigenvalue weighted by Crippen LogP contribution is -2.44. The average Bonchev–Trinajstić information content (AvgIpc) is 2.40. The van der Waals surface area contributed by atoms with Crippen molar-refractivity contribution in [3.05, 3.63) is 54.2 Å². The molecule has 0 amide bonds. The molecule has 0 aromatic heterocycles. The first-order chi connectivity index (χ1) is 8.29. The molecule has 0 saturated heterocycles. The molecule has 2 rings (SSSR count). The second-order valence-electron chi connectivity index (χ2n) is 4.29. The van der Waals surface area contributed by atoms with E-state index in [9.17, 15) is 0 Å². The minimum absolute atomic E-state index is 0.563. The Morgan fingerprint density at radius 1 is 1.12 bits per heavy atom. The summed E-state index contributed by atoms with van der Waals surface area (Å²) in [4.78, 5) is 0. The van der Waals surface area contributed by atoms with Crippen LogP contribution in [0, 0.1) is 0 Å². The number of quaternary nitrogens is 1. The van der Waals surface area contributed by atoms with Crippen molar-refractivity contribution >= 4 is 28.8 Å². The quantitative estimate of drug-likeness (QED) is 0.442. The summed E-state index contributed by atoms with van der Waals surface area (Å²) >= 11 is 12.0. The van der Waals surface area contributed by atoms with Gasteiger partial charge in [0.1, 0.15) is 12.7 Å². The number of hydrogen-bond acceptors (Lipinski definition) is 0. The van der Waals surface area contributed by atoms with Gasteiger partial charge in [0.25, 0.3) is 0 Å². The van der Waals surface area contributed by atoms with Crippen LogP contribution in [0.15, 0.2) is 48.7 Å². The molecule has 1 heterocycles. The van der Waals surface area contributed by atoms with Crippen LogP contribution in [0.2, 0.25) is 0 Å². The van der Waals surface area contributed by atoms with Crippen LogP contribution in [0.3, 0.4) is 0 Å². The molecule has 0 N–H and O–H groups in total. The third kappa shape index (κ3) is 2.92. The highest BCUT2D eigenvalue weighted by Crippen LogP contribution is 2.25. The summed E-state index contributed by atoms with van der Waals surface area (Å²) < 4.78 is 0.728. The van der Waals surface area contributed by atoms with Crippen molar-refractivity contribution in [2.75, 3.05) is 25.0 Å². The minimum Gasteiger partial charge on any atom is -0.280 e. The van der Waals surface area contributed by atoms with Crippen molar-refractivity contribution in [2.24, 2.45) is 0 Å². The Kier molecular flexibility index (Phi) is 4.27. The van der Waals surface area contributed by atoms with Crippen molar-refractivity contribution in [2.45, 2.75) is 0 Å². The number of halogens is 2. The molecule has 0 bridgehead atoms. The molecule has 0 fully saturated rings. The van der Waals surface area contributed by atoms with Gasteiger partial charge in [0.15, 0.2) is 6.00 Å². The lowest BCUT2D eigenvalue weighted by atomic mass is 10.0. The Balaban J connectivity index is 2.31. The number of rotatable bonds is 4. The normalized spacial score (nSPS) is 23.5. The second-order valence-corrected chi connectivity index (χ2v) is 4.90. The Morgan fingerprint density at radius 2 is 1.88 bits per heavy atom. The van der Waals surface area contributed by atoms with Crippen molar-refractivity contribution in [1.82, 2.24) is 0 Å². The van der Waals surface area contributed by atoms with E-state index in [2.05, 4.69) is 42.6 Å². The molecule has 0 aliphatic carbocycles. The molecule has 1 atom stereocenters. The van der Waals surface area contributed by atoms with E-state index < -0.39 is 0 Å². The Hall–Kier alpha value is -0.760. The topological polar surface area (TPSA) is 0 Å². The van der Waals surface area contributed by atoms with E-state index in [1.54, 1.807) is 0 Å². The monoisotopic (exact) mass is 268 g/mol. The molecule has 17 heavy (non-hydrogen) atoms. The summed E-state index contributed by atoms with van der Waals surface area (Å²) in [5.74, 6) is 0.624. The first-order valence-electron chi connectivity index (χ1n) is 5.72. The van der Waals surface area contributed by atoms with Gasteiger partial charge in [-0.1, -0.05) is 41.9 Å². The van der Waals surface area contributed by atoms with Crippen molar-refractivity contribution in [1.29, 1.82) is 0 Å². The minimum atomic E-state index is 0.563. The summed E-state index contributed by atoms with van der Waals surface area (Å²) in [5.41, 5.74) is 2.45. The molecule has 0 spiro atoms. The van der Waals surface area contributed by atoms with Gasteiger partial charge in [0.2, 0.25) is 0 Å². The van der Waals surface area contributed by atoms with Crippen LogP contribution in [0.25, 0.3) is 5.57 Å². The van der Waals surface area contributed by atoms with Gasteiger partial charge >= 0.3 is 0 Å². The largest absolute Gasteiger partial charge is 0.280 e. The fourth-order valence-electron chi connectivity index (χ4n) is 2.05. The highest BCUT2D eigenvalue weighted by Gasteiger charge is 2.25. The smallest absolute Gasteiger partial charge is 0.159 e. The molecular weight excluding hydrogens is 253 g/mol. The Morgan fingerprint density at radius 3 is 2.53 bits per heavy atom. The van der Waals surface area contributed by atoms with Gasteiger partial charge in [0.05, 0.1) is 12.4 Å². The van der Waals surface area contributed by atoms with E-state index in [1.807, 2.05) is 6.07 Å². The maximum Gasteiger partial charge on any atom is 0.159 e. The van der Waals surface area contributed by atoms with Crippen molar-refractivity contribution in [3.8, 4) is 0 Å². The lowest BCUT2D eigenvalue weighted by Gasteiger charge is -2.33. The van der Waals surface area contributed by atoms with Crippen molar-refractivity contribution in [3.63, 3.8) is 0 Å². The van der Waals surface area contributed by atoms with Gasteiger partial charge in [-0.15, -0.1) is 11.6 Å². The summed E-state index contributed by atoms with van der Waals surface area (Å²) in [6.45, 7) is 1.79. The highest BCUT2D eigenvalue weighted by molar-refractivity contribution is 6.18. The molecule has 1 unspecified atom stereocenters. The van der Waals surface area contributed by atoms with Gasteiger partial charge in [-0.2, -0.15) is 0 Å². The zero-order valence-electron chi connectivity index (χ0n) is 9.65. The number of nitrogens with zero attached hydrogens (tertiary/aromatic N) is 1. The molecule has 90 valence electrons. The zero-order valence-corrected chi connectivity index (χ0v) is 11.2. The fraction of sp³-hybridized carbons (Fsp3) is 0.286. The van der Waals surface area contributed by atoms with Gasteiger partial charge < -0.3 is 0 Å². The first-order valence-corrected chi connectivity index (χ1v) is 6.79. The van der Waals surface area contributed by atoms with E-state index in [-0.39, 0.29) is 0 Å². The van der Waals surface area contributed by atoms with Crippen LogP contribution in [0.4, 0.5) is 0 Å². The van der Waals surface area contributed by atoms with E-state index >= 15 is 0 Å². The molecule has 3 heteroatoms. The number of allylic oxidation sites excluding steroid dienone is 2. The second kappa shape index (κ2) is 5.72. The average molecular weight is 269 g/mol. The summed E-state index contributed by atoms with van der Waals surface area (Å²) in [7, 11) is 0. The summed E-state index contributed by atoms with van der Waals surface area (Å²) in [5, 5.41) is 0. The van der Waals surface area contributed by atoms with Gasteiger partial charge in [-0.3, -0.25) is 4.48 Å². The summed E-state index contributed by atoms with van der Waals surface area (Å²) in [6.07, 6.45) is 6.56. The van der Waals surface area contributed by atoms with E-state index in [0.29, 0.717) is 11.9 Å². The molecule has 1 aromatic rings. The van der Waals surface area contributed by atoms with Crippen LogP contribution < -0.4 is 0 Å². The van der Waals surface area contributed by atoms with Crippen LogP contribution >= 0.6 is 23.2 Å². The predicted octanol–water partition coefficient (Wildman–Crippen LogP) is 3.85. The first kappa shape index (κ1) is 12.7. The molecule has 0 saturated carbocycles. The van der Waals surface area contributed by atoms with E-state index in [4.69, 9.17) is 23.2 Å². The summed E-state index contributed by atoms with van der Waals surface area (Å²) in [6, 6.07) is 10.9. The number of hydrogen-bond donors (Lipinski definition) is 0. The standard InChI is InChI=1S/C14H16Cl2N/c15-8-10-17(12-16)9-4-7-14(11-17)13-5-2-1-3-6-13/h1-7,11H,8-10,12H2/q+1. The number of alkyl halides is 2. The fourth-order valence-corrected chi connectivity index (χ4v) is 2.67. The Labute approximate surface area is 113 Å². The maximum absolute atomic E-state index is 6.10. The molecular formula is C14H16Cl2N+. The van der Waals surface area contributed by atoms with Crippen LogP contribution in [-0.4, -0.2) is 29.5 Å². The molecule has 1 aromatic carbocycles. The lowest BCUT2D eigenvalue weighted by molar-refractivity contribution is -0.859. The zero-order chi connectivity index (χ0) is 12.1.